The highest BCUT2D eigenvalue weighted by Gasteiger charge is 2.14. The molecule has 0 aliphatic carbocycles. The van der Waals surface area contributed by atoms with Crippen LogP contribution < -0.4 is 5.73 Å². The summed E-state index contributed by atoms with van der Waals surface area (Å²) in [5.41, 5.74) is 8.55. The van der Waals surface area contributed by atoms with Crippen molar-refractivity contribution in [3.8, 4) is 11.3 Å². The fourth-order valence-electron chi connectivity index (χ4n) is 1.76. The summed E-state index contributed by atoms with van der Waals surface area (Å²) in [6.07, 6.45) is 3.66. The summed E-state index contributed by atoms with van der Waals surface area (Å²) in [7, 11) is 1.33. The molecule has 1 aromatic carbocycles. The Kier molecular flexibility index (Phi) is 4.20. The average molecular weight is 257 g/mol. The standard InChI is InChI=1S/C14H15N3O2/c1-19-14(18)12(15)8-10-2-4-11(5-3-10)13-6-7-16-9-17-13/h2-7,9,12H,8,15H2,1H3. The third-order valence-electron chi connectivity index (χ3n) is 2.79. The van der Waals surface area contributed by atoms with Crippen LogP contribution in [0.4, 0.5) is 0 Å². The Bertz CT molecular complexity index is 540. The number of carbonyl (C=O) groups excluding carboxylic acids is 1. The Labute approximate surface area is 111 Å². The molecule has 0 amide bonds. The van der Waals surface area contributed by atoms with Crippen LogP contribution in [0.5, 0.6) is 0 Å². The zero-order valence-corrected chi connectivity index (χ0v) is 10.6. The Morgan fingerprint density at radius 2 is 2.05 bits per heavy atom. The predicted octanol–water partition coefficient (Wildman–Crippen LogP) is 1.19. The zero-order chi connectivity index (χ0) is 13.7. The van der Waals surface area contributed by atoms with Crippen LogP contribution in [-0.2, 0) is 16.0 Å². The van der Waals surface area contributed by atoms with Gasteiger partial charge in [-0.3, -0.25) is 4.79 Å². The first kappa shape index (κ1) is 13.2. The van der Waals surface area contributed by atoms with Crippen LogP contribution in [0, 0.1) is 0 Å². The molecular formula is C14H15N3O2. The SMILES string of the molecule is COC(=O)C(N)Cc1ccc(-c2ccncn2)cc1. The summed E-state index contributed by atoms with van der Waals surface area (Å²) in [5.74, 6) is -0.403. The van der Waals surface area contributed by atoms with Crippen LogP contribution in [-0.4, -0.2) is 29.1 Å². The van der Waals surface area contributed by atoms with E-state index in [1.54, 1.807) is 6.20 Å². The third kappa shape index (κ3) is 3.35. The van der Waals surface area contributed by atoms with Gasteiger partial charge in [-0.25, -0.2) is 9.97 Å². The summed E-state index contributed by atoms with van der Waals surface area (Å²) < 4.78 is 4.60. The summed E-state index contributed by atoms with van der Waals surface area (Å²) in [6.45, 7) is 0. The fraction of sp³-hybridized carbons (Fsp3) is 0.214. The van der Waals surface area contributed by atoms with E-state index in [4.69, 9.17) is 5.73 Å². The molecule has 2 N–H and O–H groups in total. The van der Waals surface area contributed by atoms with Gasteiger partial charge < -0.3 is 10.5 Å². The summed E-state index contributed by atoms with van der Waals surface area (Å²) in [6, 6.07) is 8.97. The van der Waals surface area contributed by atoms with Crippen molar-refractivity contribution in [3.63, 3.8) is 0 Å². The molecule has 0 aliphatic rings. The van der Waals surface area contributed by atoms with E-state index in [0.29, 0.717) is 6.42 Å². The first-order chi connectivity index (χ1) is 9.20. The van der Waals surface area contributed by atoms with E-state index in [1.807, 2.05) is 30.3 Å². The lowest BCUT2D eigenvalue weighted by molar-refractivity contribution is -0.142. The van der Waals surface area contributed by atoms with Crippen molar-refractivity contribution in [1.82, 2.24) is 9.97 Å². The lowest BCUT2D eigenvalue weighted by Crippen LogP contribution is -2.33. The lowest BCUT2D eigenvalue weighted by Gasteiger charge is -2.09. The number of benzene rings is 1. The quantitative estimate of drug-likeness (QED) is 0.832. The maximum Gasteiger partial charge on any atom is 0.322 e. The monoisotopic (exact) mass is 257 g/mol. The molecule has 0 saturated heterocycles. The van der Waals surface area contributed by atoms with Crippen LogP contribution in [0.2, 0.25) is 0 Å². The van der Waals surface area contributed by atoms with E-state index in [0.717, 1.165) is 16.8 Å². The van der Waals surface area contributed by atoms with Gasteiger partial charge in [0.2, 0.25) is 0 Å². The zero-order valence-electron chi connectivity index (χ0n) is 10.6. The number of ether oxygens (including phenoxy) is 1. The highest BCUT2D eigenvalue weighted by molar-refractivity contribution is 5.75. The molecule has 19 heavy (non-hydrogen) atoms. The van der Waals surface area contributed by atoms with Gasteiger partial charge in [-0.05, 0) is 18.1 Å². The molecule has 0 radical (unpaired) electrons. The van der Waals surface area contributed by atoms with E-state index in [9.17, 15) is 4.79 Å². The van der Waals surface area contributed by atoms with Gasteiger partial charge in [-0.1, -0.05) is 24.3 Å². The minimum absolute atomic E-state index is 0.403. The molecule has 1 unspecified atom stereocenters. The number of hydrogen-bond donors (Lipinski definition) is 1. The Morgan fingerprint density at radius 1 is 1.32 bits per heavy atom. The van der Waals surface area contributed by atoms with Gasteiger partial charge in [0.1, 0.15) is 12.4 Å². The van der Waals surface area contributed by atoms with E-state index in [1.165, 1.54) is 13.4 Å². The summed E-state index contributed by atoms with van der Waals surface area (Å²) in [5, 5.41) is 0. The number of hydrogen-bond acceptors (Lipinski definition) is 5. The first-order valence-electron chi connectivity index (χ1n) is 5.89. The van der Waals surface area contributed by atoms with Crippen molar-refractivity contribution in [1.29, 1.82) is 0 Å². The largest absolute Gasteiger partial charge is 0.468 e. The van der Waals surface area contributed by atoms with E-state index < -0.39 is 12.0 Å². The summed E-state index contributed by atoms with van der Waals surface area (Å²) >= 11 is 0. The topological polar surface area (TPSA) is 78.1 Å². The average Bonchev–Trinajstić information content (AvgIpc) is 2.48. The molecule has 2 aromatic rings. The van der Waals surface area contributed by atoms with E-state index in [-0.39, 0.29) is 0 Å². The van der Waals surface area contributed by atoms with Gasteiger partial charge in [0.25, 0.3) is 0 Å². The molecule has 5 nitrogen and oxygen atoms in total. The molecule has 1 heterocycles. The molecule has 5 heteroatoms. The Hall–Kier alpha value is -2.27. The second-order valence-electron chi connectivity index (χ2n) is 4.13. The van der Waals surface area contributed by atoms with Crippen LogP contribution >= 0.6 is 0 Å². The van der Waals surface area contributed by atoms with Crippen LogP contribution in [0.15, 0.2) is 42.9 Å². The molecule has 0 saturated carbocycles. The first-order valence-corrected chi connectivity index (χ1v) is 5.89. The number of methoxy groups -OCH3 is 1. The van der Waals surface area contributed by atoms with Crippen molar-refractivity contribution in [3.05, 3.63) is 48.4 Å². The maximum absolute atomic E-state index is 11.2. The number of rotatable bonds is 4. The molecule has 98 valence electrons. The number of nitrogens with two attached hydrogens (primary N) is 1. The van der Waals surface area contributed by atoms with Crippen LogP contribution in [0.1, 0.15) is 5.56 Å². The number of carbonyl (C=O) groups is 1. The van der Waals surface area contributed by atoms with Gasteiger partial charge in [0.15, 0.2) is 0 Å². The van der Waals surface area contributed by atoms with Crippen molar-refractivity contribution < 1.29 is 9.53 Å². The van der Waals surface area contributed by atoms with Gasteiger partial charge in [-0.2, -0.15) is 0 Å². The minimum atomic E-state index is -0.630. The number of nitrogens with zero attached hydrogens (tertiary/aromatic N) is 2. The maximum atomic E-state index is 11.2. The van der Waals surface area contributed by atoms with Crippen molar-refractivity contribution in [2.45, 2.75) is 12.5 Å². The third-order valence-corrected chi connectivity index (χ3v) is 2.79. The highest BCUT2D eigenvalue weighted by Crippen LogP contribution is 2.17. The van der Waals surface area contributed by atoms with Gasteiger partial charge >= 0.3 is 5.97 Å². The second-order valence-corrected chi connectivity index (χ2v) is 4.13. The normalized spacial score (nSPS) is 11.9. The molecular weight excluding hydrogens is 242 g/mol. The molecule has 2 rings (SSSR count). The smallest absolute Gasteiger partial charge is 0.322 e. The molecule has 1 aromatic heterocycles. The van der Waals surface area contributed by atoms with Crippen molar-refractivity contribution >= 4 is 5.97 Å². The number of esters is 1. The van der Waals surface area contributed by atoms with E-state index >= 15 is 0 Å². The second kappa shape index (κ2) is 6.06. The minimum Gasteiger partial charge on any atom is -0.468 e. The lowest BCUT2D eigenvalue weighted by atomic mass is 10.0. The Balaban J connectivity index is 2.09. The highest BCUT2D eigenvalue weighted by atomic mass is 16.5. The molecule has 0 spiro atoms. The molecule has 0 fully saturated rings. The van der Waals surface area contributed by atoms with Crippen molar-refractivity contribution in [2.24, 2.45) is 5.73 Å². The van der Waals surface area contributed by atoms with Gasteiger partial charge in [0.05, 0.1) is 12.8 Å². The Morgan fingerprint density at radius 3 is 2.63 bits per heavy atom. The van der Waals surface area contributed by atoms with Crippen LogP contribution in [0.25, 0.3) is 11.3 Å². The number of aromatic nitrogens is 2. The molecule has 0 bridgehead atoms. The predicted molar refractivity (Wildman–Crippen MR) is 71.2 cm³/mol. The van der Waals surface area contributed by atoms with Crippen LogP contribution in [0.3, 0.4) is 0 Å². The van der Waals surface area contributed by atoms with Gasteiger partial charge in [0, 0.05) is 11.8 Å². The van der Waals surface area contributed by atoms with Crippen molar-refractivity contribution in [2.75, 3.05) is 7.11 Å². The molecule has 1 atom stereocenters. The summed E-state index contributed by atoms with van der Waals surface area (Å²) in [4.78, 5) is 19.3. The van der Waals surface area contributed by atoms with E-state index in [2.05, 4.69) is 14.7 Å². The van der Waals surface area contributed by atoms with Gasteiger partial charge in [-0.15, -0.1) is 0 Å². The molecule has 0 aliphatic heterocycles. The fourth-order valence-corrected chi connectivity index (χ4v) is 1.76.